The number of hydrogen-bond donors (Lipinski definition) is 1. The van der Waals surface area contributed by atoms with E-state index in [1.807, 2.05) is 61.0 Å². The minimum Gasteiger partial charge on any atom is -0.494 e. The molecular formula is C19H20N2O2S2. The summed E-state index contributed by atoms with van der Waals surface area (Å²) >= 11 is 3.23. The molecule has 25 heavy (non-hydrogen) atoms. The lowest BCUT2D eigenvalue weighted by molar-refractivity contribution is -0.121. The summed E-state index contributed by atoms with van der Waals surface area (Å²) in [5.41, 5.74) is 1.86. The molecule has 0 saturated carbocycles. The molecule has 3 rings (SSSR count). The van der Waals surface area contributed by atoms with Crippen LogP contribution in [0.3, 0.4) is 0 Å². The first-order chi connectivity index (χ1) is 12.2. The van der Waals surface area contributed by atoms with E-state index < -0.39 is 0 Å². The van der Waals surface area contributed by atoms with E-state index in [2.05, 4.69) is 10.3 Å². The molecular weight excluding hydrogens is 352 g/mol. The van der Waals surface area contributed by atoms with E-state index in [-0.39, 0.29) is 11.9 Å². The van der Waals surface area contributed by atoms with Crippen LogP contribution < -0.4 is 10.1 Å². The summed E-state index contributed by atoms with van der Waals surface area (Å²) in [5.74, 6) is 0.817. The highest BCUT2D eigenvalue weighted by atomic mass is 32.1. The van der Waals surface area contributed by atoms with E-state index in [1.165, 1.54) is 0 Å². The number of carbonyl (C=O) groups is 1. The average Bonchev–Trinajstić information content (AvgIpc) is 3.27. The van der Waals surface area contributed by atoms with Crippen LogP contribution in [0.2, 0.25) is 0 Å². The molecule has 3 aromatic rings. The molecule has 0 bridgehead atoms. The third-order valence-corrected chi connectivity index (χ3v) is 5.62. The number of thiophene rings is 1. The van der Waals surface area contributed by atoms with Gasteiger partial charge in [0.05, 0.1) is 29.6 Å². The van der Waals surface area contributed by atoms with E-state index >= 15 is 0 Å². The van der Waals surface area contributed by atoms with Crippen LogP contribution in [0.4, 0.5) is 0 Å². The van der Waals surface area contributed by atoms with Gasteiger partial charge in [-0.2, -0.15) is 0 Å². The smallest absolute Gasteiger partial charge is 0.226 e. The highest BCUT2D eigenvalue weighted by Crippen LogP contribution is 2.28. The molecule has 1 atom stereocenters. The van der Waals surface area contributed by atoms with Crippen LogP contribution in [-0.2, 0) is 11.2 Å². The van der Waals surface area contributed by atoms with Gasteiger partial charge in [0.15, 0.2) is 0 Å². The van der Waals surface area contributed by atoms with Crippen molar-refractivity contribution in [1.82, 2.24) is 10.3 Å². The lowest BCUT2D eigenvalue weighted by Crippen LogP contribution is -2.28. The van der Waals surface area contributed by atoms with Gasteiger partial charge in [-0.25, -0.2) is 4.98 Å². The molecule has 0 radical (unpaired) electrons. The molecule has 6 heteroatoms. The predicted molar refractivity (Wildman–Crippen MR) is 103 cm³/mol. The highest BCUT2D eigenvalue weighted by Gasteiger charge is 2.13. The Morgan fingerprint density at radius 2 is 2.04 bits per heavy atom. The number of nitrogens with one attached hydrogen (secondary N) is 1. The van der Waals surface area contributed by atoms with Gasteiger partial charge in [0.1, 0.15) is 10.8 Å². The molecule has 2 aromatic heterocycles. The predicted octanol–water partition coefficient (Wildman–Crippen LogP) is 4.69. The van der Waals surface area contributed by atoms with E-state index in [0.29, 0.717) is 13.0 Å². The minimum absolute atomic E-state index is 0.0237. The number of thiazole rings is 1. The van der Waals surface area contributed by atoms with E-state index in [1.54, 1.807) is 22.7 Å². The van der Waals surface area contributed by atoms with Crippen LogP contribution in [0.15, 0.2) is 47.2 Å². The van der Waals surface area contributed by atoms with Gasteiger partial charge < -0.3 is 10.1 Å². The van der Waals surface area contributed by atoms with E-state index in [0.717, 1.165) is 26.9 Å². The molecule has 1 N–H and O–H groups in total. The fourth-order valence-corrected chi connectivity index (χ4v) is 4.10. The Balaban J connectivity index is 1.56. The molecule has 1 amide bonds. The number of benzene rings is 1. The van der Waals surface area contributed by atoms with Gasteiger partial charge in [0.2, 0.25) is 5.91 Å². The number of ether oxygens (including phenoxy) is 1. The van der Waals surface area contributed by atoms with Crippen molar-refractivity contribution in [3.63, 3.8) is 0 Å². The number of nitrogens with zero attached hydrogens (tertiary/aromatic N) is 1. The van der Waals surface area contributed by atoms with Gasteiger partial charge in [-0.3, -0.25) is 4.79 Å². The molecule has 1 aromatic carbocycles. The Morgan fingerprint density at radius 1 is 1.24 bits per heavy atom. The maximum absolute atomic E-state index is 12.3. The van der Waals surface area contributed by atoms with Crippen molar-refractivity contribution in [2.24, 2.45) is 0 Å². The quantitative estimate of drug-likeness (QED) is 0.654. The van der Waals surface area contributed by atoms with Gasteiger partial charge in [-0.1, -0.05) is 18.2 Å². The Kier molecular flexibility index (Phi) is 5.83. The van der Waals surface area contributed by atoms with Crippen molar-refractivity contribution in [2.45, 2.75) is 26.3 Å². The van der Waals surface area contributed by atoms with E-state index in [9.17, 15) is 4.79 Å². The van der Waals surface area contributed by atoms with Gasteiger partial charge in [0.25, 0.3) is 0 Å². The van der Waals surface area contributed by atoms with Crippen LogP contribution in [0.5, 0.6) is 5.75 Å². The summed E-state index contributed by atoms with van der Waals surface area (Å²) in [7, 11) is 0. The Labute approximate surface area is 155 Å². The van der Waals surface area contributed by atoms with Crippen molar-refractivity contribution in [2.75, 3.05) is 6.61 Å². The fraction of sp³-hybridized carbons (Fsp3) is 0.263. The maximum atomic E-state index is 12.3. The van der Waals surface area contributed by atoms with Gasteiger partial charge in [0, 0.05) is 5.38 Å². The van der Waals surface area contributed by atoms with Crippen LogP contribution >= 0.6 is 22.7 Å². The number of carbonyl (C=O) groups excluding carboxylic acids is 1. The van der Waals surface area contributed by atoms with Gasteiger partial charge >= 0.3 is 0 Å². The largest absolute Gasteiger partial charge is 0.494 e. The molecule has 0 aliphatic rings. The second-order valence-electron chi connectivity index (χ2n) is 5.59. The number of amides is 1. The summed E-state index contributed by atoms with van der Waals surface area (Å²) in [6.07, 6.45) is 0.295. The van der Waals surface area contributed by atoms with Crippen molar-refractivity contribution in [1.29, 1.82) is 0 Å². The Bertz CT molecular complexity index is 810. The molecule has 0 fully saturated rings. The standard InChI is InChI=1S/C19H20N2O2S2/c1-3-23-16-8-6-14(7-9-16)13(2)20-18(22)11-15-12-25-19(21-15)17-5-4-10-24-17/h4-10,12-13H,3,11H2,1-2H3,(H,20,22)/t13-/m1/s1. The molecule has 130 valence electrons. The molecule has 2 heterocycles. The van der Waals surface area contributed by atoms with Gasteiger partial charge in [-0.05, 0) is 43.0 Å². The molecule has 4 nitrogen and oxygen atoms in total. The number of hydrogen-bond acceptors (Lipinski definition) is 5. The Morgan fingerprint density at radius 3 is 2.72 bits per heavy atom. The molecule has 0 spiro atoms. The number of aromatic nitrogens is 1. The first kappa shape index (κ1) is 17.6. The minimum atomic E-state index is -0.0569. The summed E-state index contributed by atoms with van der Waals surface area (Å²) in [4.78, 5) is 18.0. The third-order valence-electron chi connectivity index (χ3n) is 3.69. The fourth-order valence-electron chi connectivity index (χ4n) is 2.46. The van der Waals surface area contributed by atoms with Crippen LogP contribution in [-0.4, -0.2) is 17.5 Å². The summed E-state index contributed by atoms with van der Waals surface area (Å²) in [6.45, 7) is 4.58. The Hall–Kier alpha value is -2.18. The summed E-state index contributed by atoms with van der Waals surface area (Å²) in [5, 5.41) is 7.98. The van der Waals surface area contributed by atoms with Gasteiger partial charge in [-0.15, -0.1) is 22.7 Å². The SMILES string of the molecule is CCOc1ccc([C@@H](C)NC(=O)Cc2csc(-c3cccs3)n2)cc1. The zero-order valence-corrected chi connectivity index (χ0v) is 15.8. The first-order valence-corrected chi connectivity index (χ1v) is 9.92. The van der Waals surface area contributed by atoms with Crippen molar-refractivity contribution in [3.8, 4) is 15.6 Å². The van der Waals surface area contributed by atoms with Crippen LogP contribution in [0.1, 0.15) is 31.1 Å². The lowest BCUT2D eigenvalue weighted by Gasteiger charge is -2.14. The van der Waals surface area contributed by atoms with Crippen molar-refractivity contribution in [3.05, 3.63) is 58.4 Å². The molecule has 0 unspecified atom stereocenters. The topological polar surface area (TPSA) is 51.2 Å². The molecule has 0 aliphatic heterocycles. The monoisotopic (exact) mass is 372 g/mol. The number of rotatable bonds is 7. The highest BCUT2D eigenvalue weighted by molar-refractivity contribution is 7.20. The zero-order valence-electron chi connectivity index (χ0n) is 14.2. The van der Waals surface area contributed by atoms with Crippen LogP contribution in [0.25, 0.3) is 9.88 Å². The van der Waals surface area contributed by atoms with Crippen molar-refractivity contribution >= 4 is 28.6 Å². The molecule has 0 aliphatic carbocycles. The second-order valence-corrected chi connectivity index (χ2v) is 7.40. The molecule has 0 saturated heterocycles. The summed E-state index contributed by atoms with van der Waals surface area (Å²) < 4.78 is 5.44. The first-order valence-electron chi connectivity index (χ1n) is 8.16. The second kappa shape index (κ2) is 8.27. The maximum Gasteiger partial charge on any atom is 0.226 e. The normalized spacial score (nSPS) is 11.9. The lowest BCUT2D eigenvalue weighted by atomic mass is 10.1. The average molecular weight is 373 g/mol. The van der Waals surface area contributed by atoms with E-state index in [4.69, 9.17) is 4.74 Å². The zero-order chi connectivity index (χ0) is 17.6. The van der Waals surface area contributed by atoms with Crippen molar-refractivity contribution < 1.29 is 9.53 Å². The summed E-state index contributed by atoms with van der Waals surface area (Å²) in [6, 6.07) is 11.8. The third kappa shape index (κ3) is 4.67. The van der Waals surface area contributed by atoms with Crippen LogP contribution in [0, 0.1) is 0 Å².